The van der Waals surface area contributed by atoms with Crippen LogP contribution >= 0.6 is 0 Å². The van der Waals surface area contributed by atoms with Crippen LogP contribution in [0.4, 0.5) is 4.39 Å². The molecule has 0 saturated heterocycles. The molecule has 18 heavy (non-hydrogen) atoms. The fraction of sp³-hybridized carbons (Fsp3) is 0.467. The first-order valence-corrected chi connectivity index (χ1v) is 6.39. The second-order valence-corrected chi connectivity index (χ2v) is 4.53. The second kappa shape index (κ2) is 7.88. The van der Waals surface area contributed by atoms with E-state index in [0.717, 1.165) is 30.5 Å². The first kappa shape index (κ1) is 14.7. The number of halogens is 1. The van der Waals surface area contributed by atoms with Gasteiger partial charge < -0.3 is 10.1 Å². The van der Waals surface area contributed by atoms with Gasteiger partial charge in [0.05, 0.1) is 6.61 Å². The molecule has 0 fully saturated rings. The van der Waals surface area contributed by atoms with Crippen molar-refractivity contribution in [2.24, 2.45) is 0 Å². The number of hydrogen-bond acceptors (Lipinski definition) is 2. The van der Waals surface area contributed by atoms with Crippen LogP contribution in [0.25, 0.3) is 0 Å². The lowest BCUT2D eigenvalue weighted by Gasteiger charge is -2.09. The summed E-state index contributed by atoms with van der Waals surface area (Å²) in [7, 11) is 0. The molecule has 0 unspecified atom stereocenters. The molecule has 3 heteroatoms. The highest BCUT2D eigenvalue weighted by Crippen LogP contribution is 2.17. The zero-order valence-corrected chi connectivity index (χ0v) is 11.3. The number of benzene rings is 1. The average Bonchev–Trinajstić information content (AvgIpc) is 2.28. The van der Waals surface area contributed by atoms with Gasteiger partial charge in [0.1, 0.15) is 11.6 Å². The summed E-state index contributed by atoms with van der Waals surface area (Å²) in [6.07, 6.45) is 1.86. The molecule has 0 spiro atoms. The van der Waals surface area contributed by atoms with Gasteiger partial charge in [-0.2, -0.15) is 0 Å². The molecule has 1 aromatic carbocycles. The maximum Gasteiger partial charge on any atom is 0.127 e. The van der Waals surface area contributed by atoms with E-state index >= 15 is 0 Å². The fourth-order valence-corrected chi connectivity index (χ4v) is 1.56. The Morgan fingerprint density at radius 2 is 2.17 bits per heavy atom. The zero-order chi connectivity index (χ0) is 13.4. The van der Waals surface area contributed by atoms with Gasteiger partial charge in [-0.15, -0.1) is 6.58 Å². The van der Waals surface area contributed by atoms with E-state index in [0.29, 0.717) is 18.9 Å². The zero-order valence-electron chi connectivity index (χ0n) is 11.3. The standard InChI is InChI=1S/C15H22FNO/c1-4-6-17-11-13-8-14(16)10-15(9-13)18-7-5-12(2)3/h8-10,17H,2,4-7,11H2,1,3H3. The maximum absolute atomic E-state index is 13.4. The van der Waals surface area contributed by atoms with Crippen LogP contribution in [0, 0.1) is 5.82 Å². The van der Waals surface area contributed by atoms with Gasteiger partial charge in [0.2, 0.25) is 0 Å². The smallest absolute Gasteiger partial charge is 0.127 e. The first-order chi connectivity index (χ1) is 8.61. The van der Waals surface area contributed by atoms with Crippen LogP contribution in [0.1, 0.15) is 32.3 Å². The van der Waals surface area contributed by atoms with Crippen molar-refractivity contribution in [3.63, 3.8) is 0 Å². The molecular weight excluding hydrogens is 229 g/mol. The van der Waals surface area contributed by atoms with Crippen molar-refractivity contribution >= 4 is 0 Å². The Hall–Kier alpha value is -1.35. The topological polar surface area (TPSA) is 21.3 Å². The third-order valence-electron chi connectivity index (χ3n) is 2.48. The van der Waals surface area contributed by atoms with E-state index in [4.69, 9.17) is 4.74 Å². The van der Waals surface area contributed by atoms with Crippen molar-refractivity contribution in [1.82, 2.24) is 5.32 Å². The van der Waals surface area contributed by atoms with E-state index in [9.17, 15) is 4.39 Å². The molecule has 0 saturated carbocycles. The summed E-state index contributed by atoms with van der Waals surface area (Å²) >= 11 is 0. The third kappa shape index (κ3) is 5.82. The van der Waals surface area contributed by atoms with E-state index in [1.165, 1.54) is 12.1 Å². The summed E-state index contributed by atoms with van der Waals surface area (Å²) in [5.41, 5.74) is 1.98. The van der Waals surface area contributed by atoms with Crippen LogP contribution in [0.3, 0.4) is 0 Å². The van der Waals surface area contributed by atoms with Gasteiger partial charge in [-0.25, -0.2) is 4.39 Å². The summed E-state index contributed by atoms with van der Waals surface area (Å²) in [5.74, 6) is 0.334. The van der Waals surface area contributed by atoms with Gasteiger partial charge in [0.25, 0.3) is 0 Å². The average molecular weight is 251 g/mol. The van der Waals surface area contributed by atoms with Crippen molar-refractivity contribution in [2.75, 3.05) is 13.2 Å². The highest BCUT2D eigenvalue weighted by molar-refractivity contribution is 5.29. The van der Waals surface area contributed by atoms with Crippen LogP contribution in [0.15, 0.2) is 30.4 Å². The molecule has 1 aromatic rings. The van der Waals surface area contributed by atoms with Crippen LogP contribution in [-0.4, -0.2) is 13.2 Å². The van der Waals surface area contributed by atoms with Crippen molar-refractivity contribution < 1.29 is 9.13 Å². The van der Waals surface area contributed by atoms with Crippen LogP contribution in [-0.2, 0) is 6.54 Å². The van der Waals surface area contributed by atoms with Gasteiger partial charge in [-0.3, -0.25) is 0 Å². The highest BCUT2D eigenvalue weighted by Gasteiger charge is 2.02. The van der Waals surface area contributed by atoms with Crippen molar-refractivity contribution in [2.45, 2.75) is 33.2 Å². The van der Waals surface area contributed by atoms with Crippen LogP contribution in [0.2, 0.25) is 0 Å². The normalized spacial score (nSPS) is 10.4. The molecule has 0 amide bonds. The maximum atomic E-state index is 13.4. The molecule has 0 aliphatic carbocycles. The Kier molecular flexibility index (Phi) is 6.44. The highest BCUT2D eigenvalue weighted by atomic mass is 19.1. The molecule has 0 radical (unpaired) electrons. The molecule has 0 bridgehead atoms. The molecule has 0 aliphatic rings. The molecule has 2 nitrogen and oxygen atoms in total. The third-order valence-corrected chi connectivity index (χ3v) is 2.48. The number of nitrogens with one attached hydrogen (secondary N) is 1. The van der Waals surface area contributed by atoms with Crippen molar-refractivity contribution in [1.29, 1.82) is 0 Å². The van der Waals surface area contributed by atoms with Gasteiger partial charge in [-0.1, -0.05) is 12.5 Å². The van der Waals surface area contributed by atoms with E-state index in [1.807, 2.05) is 13.0 Å². The molecule has 0 atom stereocenters. The Labute approximate surface area is 109 Å². The predicted octanol–water partition coefficient (Wildman–Crippen LogP) is 3.67. The molecule has 1 rings (SSSR count). The van der Waals surface area contributed by atoms with Gasteiger partial charge in [0.15, 0.2) is 0 Å². The first-order valence-electron chi connectivity index (χ1n) is 6.39. The predicted molar refractivity (Wildman–Crippen MR) is 73.3 cm³/mol. The summed E-state index contributed by atoms with van der Waals surface area (Å²) < 4.78 is 18.9. The van der Waals surface area contributed by atoms with E-state index in [-0.39, 0.29) is 5.82 Å². The minimum Gasteiger partial charge on any atom is -0.493 e. The number of ether oxygens (including phenoxy) is 1. The SMILES string of the molecule is C=C(C)CCOc1cc(F)cc(CNCCC)c1. The Morgan fingerprint density at radius 1 is 1.39 bits per heavy atom. The molecule has 0 heterocycles. The van der Waals surface area contributed by atoms with Crippen molar-refractivity contribution in [3.8, 4) is 5.75 Å². The summed E-state index contributed by atoms with van der Waals surface area (Å²) in [4.78, 5) is 0. The largest absolute Gasteiger partial charge is 0.493 e. The molecule has 100 valence electrons. The van der Waals surface area contributed by atoms with Crippen molar-refractivity contribution in [3.05, 3.63) is 41.7 Å². The summed E-state index contributed by atoms with van der Waals surface area (Å²) in [5, 5.41) is 3.24. The van der Waals surface area contributed by atoms with Gasteiger partial charge in [0, 0.05) is 19.0 Å². The lowest BCUT2D eigenvalue weighted by molar-refractivity contribution is 0.319. The lowest BCUT2D eigenvalue weighted by atomic mass is 10.2. The van der Waals surface area contributed by atoms with Gasteiger partial charge >= 0.3 is 0 Å². The Morgan fingerprint density at radius 3 is 2.83 bits per heavy atom. The monoisotopic (exact) mass is 251 g/mol. The molecular formula is C15H22FNO. The minimum atomic E-state index is -0.254. The molecule has 1 N–H and O–H groups in total. The Balaban J connectivity index is 2.54. The van der Waals surface area contributed by atoms with Crippen LogP contribution in [0.5, 0.6) is 5.75 Å². The van der Waals surface area contributed by atoms with Gasteiger partial charge in [-0.05, 0) is 37.6 Å². The second-order valence-electron chi connectivity index (χ2n) is 4.53. The minimum absolute atomic E-state index is 0.254. The summed E-state index contributed by atoms with van der Waals surface area (Å²) in [6, 6.07) is 4.83. The summed E-state index contributed by atoms with van der Waals surface area (Å²) in [6.45, 7) is 10.0. The fourth-order valence-electron chi connectivity index (χ4n) is 1.56. The lowest BCUT2D eigenvalue weighted by Crippen LogP contribution is -2.14. The molecule has 0 aromatic heterocycles. The Bertz CT molecular complexity index is 390. The number of hydrogen-bond donors (Lipinski definition) is 1. The van der Waals surface area contributed by atoms with Crippen LogP contribution < -0.4 is 10.1 Å². The number of rotatable bonds is 8. The van der Waals surface area contributed by atoms with E-state index < -0.39 is 0 Å². The molecule has 0 aliphatic heterocycles. The quantitative estimate of drug-likeness (QED) is 0.562. The van der Waals surface area contributed by atoms with E-state index in [2.05, 4.69) is 18.8 Å². The van der Waals surface area contributed by atoms with E-state index in [1.54, 1.807) is 0 Å².